The van der Waals surface area contributed by atoms with E-state index >= 15 is 0 Å². The number of likely N-dealkylation sites (tertiary alicyclic amines) is 1. The molecule has 4 rings (SSSR count). The van der Waals surface area contributed by atoms with Gasteiger partial charge in [-0.15, -0.1) is 0 Å². The highest BCUT2D eigenvalue weighted by atomic mass is 35.5. The van der Waals surface area contributed by atoms with Crippen LogP contribution >= 0.6 is 11.6 Å². The fraction of sp³-hybridized carbons (Fsp3) is 0.450. The molecule has 1 unspecified atom stereocenters. The Morgan fingerprint density at radius 2 is 2.11 bits per heavy atom. The summed E-state index contributed by atoms with van der Waals surface area (Å²) in [5.74, 6) is -0.366. The minimum Gasteiger partial charge on any atom is -0.348 e. The number of aromatic nitrogens is 2. The number of nitrogens with zero attached hydrogens (tertiary/aromatic N) is 2. The van der Waals surface area contributed by atoms with Crippen LogP contribution < -0.4 is 10.6 Å². The van der Waals surface area contributed by atoms with Gasteiger partial charge in [-0.2, -0.15) is 0 Å². The third-order valence-electron chi connectivity index (χ3n) is 5.74. The fourth-order valence-corrected chi connectivity index (χ4v) is 4.39. The highest BCUT2D eigenvalue weighted by molar-refractivity contribution is 6.31. The molecule has 1 atom stereocenters. The fourth-order valence-electron chi connectivity index (χ4n) is 4.20. The number of fused-ring (bicyclic) bond motifs is 2. The number of aromatic amines is 1. The number of imidazole rings is 1. The van der Waals surface area contributed by atoms with Gasteiger partial charge in [0.1, 0.15) is 6.04 Å². The second kappa shape index (κ2) is 7.56. The summed E-state index contributed by atoms with van der Waals surface area (Å²) in [7, 11) is 0. The highest BCUT2D eigenvalue weighted by Crippen LogP contribution is 2.35. The molecule has 1 aromatic heterocycles. The van der Waals surface area contributed by atoms with Crippen LogP contribution in [0.4, 0.5) is 0 Å². The Morgan fingerprint density at radius 3 is 2.86 bits per heavy atom. The SMILES string of the molecule is CC(NC(=O)c1cccc(Cl)c1)C(=O)N1CCC2(CC1)NCCc1[nH]cnc12. The van der Waals surface area contributed by atoms with E-state index in [2.05, 4.69) is 20.6 Å². The average molecular weight is 402 g/mol. The lowest BCUT2D eigenvalue weighted by Gasteiger charge is -2.44. The Hall–Kier alpha value is -2.38. The van der Waals surface area contributed by atoms with Gasteiger partial charge < -0.3 is 20.5 Å². The van der Waals surface area contributed by atoms with Crippen molar-refractivity contribution in [3.8, 4) is 0 Å². The third kappa shape index (κ3) is 3.52. The van der Waals surface area contributed by atoms with Crippen molar-refractivity contribution in [2.45, 2.75) is 37.8 Å². The summed E-state index contributed by atoms with van der Waals surface area (Å²) < 4.78 is 0. The van der Waals surface area contributed by atoms with Crippen molar-refractivity contribution < 1.29 is 9.59 Å². The standard InChI is InChI=1S/C20H24ClN5O2/c1-13(25-18(27)14-3-2-4-15(21)11-14)19(28)26-9-6-20(7-10-26)17-16(5-8-24-20)22-12-23-17/h2-4,11-13,24H,5-10H2,1H3,(H,22,23)(H,25,27). The molecule has 148 valence electrons. The zero-order valence-corrected chi connectivity index (χ0v) is 16.6. The molecule has 7 nitrogen and oxygen atoms in total. The summed E-state index contributed by atoms with van der Waals surface area (Å²) in [6, 6.07) is 6.10. The summed E-state index contributed by atoms with van der Waals surface area (Å²) >= 11 is 5.94. The highest BCUT2D eigenvalue weighted by Gasteiger charge is 2.42. The van der Waals surface area contributed by atoms with Crippen molar-refractivity contribution in [3.63, 3.8) is 0 Å². The van der Waals surface area contributed by atoms with Crippen LogP contribution in [-0.4, -0.2) is 52.4 Å². The summed E-state index contributed by atoms with van der Waals surface area (Å²) in [5.41, 5.74) is 2.58. The van der Waals surface area contributed by atoms with Gasteiger partial charge in [0.2, 0.25) is 5.91 Å². The Balaban J connectivity index is 1.37. The first-order valence-corrected chi connectivity index (χ1v) is 9.99. The maximum atomic E-state index is 12.8. The van der Waals surface area contributed by atoms with E-state index in [4.69, 9.17) is 11.6 Å². The Bertz CT molecular complexity index is 888. The van der Waals surface area contributed by atoms with E-state index in [0.717, 1.165) is 31.5 Å². The molecule has 2 aromatic rings. The van der Waals surface area contributed by atoms with E-state index in [1.807, 2.05) is 4.90 Å². The first-order valence-electron chi connectivity index (χ1n) is 9.61. The van der Waals surface area contributed by atoms with Crippen LogP contribution in [-0.2, 0) is 16.8 Å². The van der Waals surface area contributed by atoms with E-state index in [0.29, 0.717) is 23.7 Å². The normalized spacial score (nSPS) is 19.1. The van der Waals surface area contributed by atoms with E-state index in [1.165, 1.54) is 5.69 Å². The molecule has 3 N–H and O–H groups in total. The number of carbonyl (C=O) groups excluding carboxylic acids is 2. The van der Waals surface area contributed by atoms with Crippen LogP contribution in [0, 0.1) is 0 Å². The van der Waals surface area contributed by atoms with Crippen LogP contribution in [0.2, 0.25) is 5.02 Å². The number of carbonyl (C=O) groups is 2. The number of halogens is 1. The molecule has 0 radical (unpaired) electrons. The van der Waals surface area contributed by atoms with Gasteiger partial charge in [0.05, 0.1) is 17.6 Å². The van der Waals surface area contributed by atoms with E-state index < -0.39 is 6.04 Å². The summed E-state index contributed by atoms with van der Waals surface area (Å²) in [4.78, 5) is 34.8. The zero-order valence-electron chi connectivity index (χ0n) is 15.8. The predicted octanol–water partition coefficient (Wildman–Crippen LogP) is 1.84. The lowest BCUT2D eigenvalue weighted by atomic mass is 9.80. The van der Waals surface area contributed by atoms with Crippen LogP contribution in [0.15, 0.2) is 30.6 Å². The van der Waals surface area contributed by atoms with Gasteiger partial charge >= 0.3 is 0 Å². The first-order chi connectivity index (χ1) is 13.5. The number of amides is 2. The molecule has 1 aromatic carbocycles. The van der Waals surface area contributed by atoms with Gasteiger partial charge in [-0.25, -0.2) is 4.98 Å². The maximum Gasteiger partial charge on any atom is 0.251 e. The second-order valence-electron chi connectivity index (χ2n) is 7.52. The van der Waals surface area contributed by atoms with Crippen molar-refractivity contribution in [1.29, 1.82) is 0 Å². The first kappa shape index (κ1) is 19.0. The predicted molar refractivity (Wildman–Crippen MR) is 106 cm³/mol. The van der Waals surface area contributed by atoms with Crippen LogP contribution in [0.25, 0.3) is 0 Å². The zero-order chi connectivity index (χ0) is 19.7. The van der Waals surface area contributed by atoms with Gasteiger partial charge in [-0.1, -0.05) is 17.7 Å². The number of benzene rings is 1. The molecule has 0 aliphatic carbocycles. The lowest BCUT2D eigenvalue weighted by molar-refractivity contribution is -0.134. The topological polar surface area (TPSA) is 90.1 Å². The number of piperidine rings is 1. The van der Waals surface area contributed by atoms with Crippen LogP contribution in [0.1, 0.15) is 41.5 Å². The lowest BCUT2D eigenvalue weighted by Crippen LogP contribution is -2.57. The van der Waals surface area contributed by atoms with Gasteiger partial charge in [-0.3, -0.25) is 9.59 Å². The van der Waals surface area contributed by atoms with Crippen molar-refractivity contribution in [1.82, 2.24) is 25.5 Å². The van der Waals surface area contributed by atoms with E-state index in [9.17, 15) is 9.59 Å². The molecule has 1 saturated heterocycles. The third-order valence-corrected chi connectivity index (χ3v) is 5.98. The van der Waals surface area contributed by atoms with Crippen LogP contribution in [0.5, 0.6) is 0 Å². The van der Waals surface area contributed by atoms with Gasteiger partial charge in [0.25, 0.3) is 5.91 Å². The molecule has 2 aliphatic rings. The molecule has 0 bridgehead atoms. The van der Waals surface area contributed by atoms with Crippen LogP contribution in [0.3, 0.4) is 0 Å². The minimum absolute atomic E-state index is 0.0664. The van der Waals surface area contributed by atoms with Crippen molar-refractivity contribution in [2.75, 3.05) is 19.6 Å². The molecule has 0 saturated carbocycles. The van der Waals surface area contributed by atoms with Crippen molar-refractivity contribution in [3.05, 3.63) is 52.6 Å². The largest absolute Gasteiger partial charge is 0.348 e. The summed E-state index contributed by atoms with van der Waals surface area (Å²) in [6.45, 7) is 3.90. The minimum atomic E-state index is -0.596. The number of nitrogens with one attached hydrogen (secondary N) is 3. The van der Waals surface area contributed by atoms with Crippen molar-refractivity contribution >= 4 is 23.4 Å². The molecule has 1 fully saturated rings. The molecule has 1 spiro atoms. The van der Waals surface area contributed by atoms with Gasteiger partial charge in [0, 0.05) is 42.3 Å². The number of rotatable bonds is 3. The smallest absolute Gasteiger partial charge is 0.251 e. The van der Waals surface area contributed by atoms with Gasteiger partial charge in [0.15, 0.2) is 0 Å². The molecular formula is C20H24ClN5O2. The van der Waals surface area contributed by atoms with Crippen molar-refractivity contribution in [2.24, 2.45) is 0 Å². The average Bonchev–Trinajstić information content (AvgIpc) is 3.18. The molecule has 2 aliphatic heterocycles. The molecular weight excluding hydrogens is 378 g/mol. The monoisotopic (exact) mass is 401 g/mol. The molecule has 2 amide bonds. The molecule has 8 heteroatoms. The summed E-state index contributed by atoms with van der Waals surface area (Å²) in [5, 5.41) is 6.89. The number of hydrogen-bond donors (Lipinski definition) is 3. The number of hydrogen-bond acceptors (Lipinski definition) is 4. The Kier molecular flexibility index (Phi) is 5.12. The second-order valence-corrected chi connectivity index (χ2v) is 7.96. The van der Waals surface area contributed by atoms with E-state index in [1.54, 1.807) is 37.5 Å². The maximum absolute atomic E-state index is 12.8. The Labute approximate surface area is 168 Å². The van der Waals surface area contributed by atoms with E-state index in [-0.39, 0.29) is 17.4 Å². The summed E-state index contributed by atoms with van der Waals surface area (Å²) in [6.07, 6.45) is 4.33. The molecule has 28 heavy (non-hydrogen) atoms. The number of H-pyrrole nitrogens is 1. The Morgan fingerprint density at radius 1 is 1.32 bits per heavy atom. The molecule has 3 heterocycles. The van der Waals surface area contributed by atoms with Gasteiger partial charge in [-0.05, 0) is 38.0 Å². The quantitative estimate of drug-likeness (QED) is 0.732.